The number of ether oxygens (including phenoxy) is 2. The maximum Gasteiger partial charge on any atom is 0.218 e. The van der Waals surface area contributed by atoms with Crippen molar-refractivity contribution in [2.45, 2.75) is 52.0 Å². The van der Waals surface area contributed by atoms with Crippen LogP contribution in [0.3, 0.4) is 0 Å². The molecular weight excluding hydrogens is 266 g/mol. The third kappa shape index (κ3) is 5.50. The Hall–Kier alpha value is -1.36. The van der Waals surface area contributed by atoms with Crippen LogP contribution in [0.15, 0.2) is 6.07 Å². The molecule has 0 radical (unpaired) electrons. The van der Waals surface area contributed by atoms with Crippen LogP contribution in [0.4, 0.5) is 5.82 Å². The molecule has 5 heteroatoms. The molecule has 0 aliphatic heterocycles. The summed E-state index contributed by atoms with van der Waals surface area (Å²) in [6, 6.07) is 2.44. The van der Waals surface area contributed by atoms with Crippen LogP contribution in [0.5, 0.6) is 5.88 Å². The van der Waals surface area contributed by atoms with Gasteiger partial charge in [0.1, 0.15) is 18.2 Å². The summed E-state index contributed by atoms with van der Waals surface area (Å²) in [5, 5.41) is 3.52. The van der Waals surface area contributed by atoms with Crippen LogP contribution in [-0.2, 0) is 11.2 Å². The Morgan fingerprint density at radius 1 is 1.24 bits per heavy atom. The van der Waals surface area contributed by atoms with E-state index < -0.39 is 0 Å². The first-order valence-corrected chi connectivity index (χ1v) is 7.93. The molecule has 1 aromatic rings. The molecule has 21 heavy (non-hydrogen) atoms. The van der Waals surface area contributed by atoms with Gasteiger partial charge in [-0.15, -0.1) is 0 Å². The zero-order valence-electron chi connectivity index (χ0n) is 13.4. The van der Waals surface area contributed by atoms with Gasteiger partial charge < -0.3 is 14.8 Å². The topological polar surface area (TPSA) is 56.3 Å². The zero-order chi connectivity index (χ0) is 15.1. The van der Waals surface area contributed by atoms with Crippen molar-refractivity contribution in [2.24, 2.45) is 5.92 Å². The van der Waals surface area contributed by atoms with Gasteiger partial charge in [0.2, 0.25) is 5.88 Å². The fraction of sp³-hybridized carbons (Fsp3) is 0.750. The van der Waals surface area contributed by atoms with Crippen LogP contribution < -0.4 is 10.1 Å². The highest BCUT2D eigenvalue weighted by molar-refractivity contribution is 5.39. The van der Waals surface area contributed by atoms with Crippen LogP contribution in [0.1, 0.15) is 45.4 Å². The minimum absolute atomic E-state index is 0.511. The Labute approximate surface area is 127 Å². The maximum absolute atomic E-state index is 5.66. The Kier molecular flexibility index (Phi) is 6.23. The number of rotatable bonds is 8. The standard InChI is InChI=1S/C16H27N3O2/c1-12(2)10-14-18-15(17-13-6-4-5-7-13)11-16(19-14)21-9-8-20-3/h11-13H,4-10H2,1-3H3,(H,17,18,19). The number of anilines is 1. The molecule has 1 heterocycles. The lowest BCUT2D eigenvalue weighted by Gasteiger charge is -2.15. The normalized spacial score (nSPS) is 15.6. The van der Waals surface area contributed by atoms with Crippen molar-refractivity contribution >= 4 is 5.82 Å². The minimum atomic E-state index is 0.511. The third-order valence-electron chi connectivity index (χ3n) is 3.58. The highest BCUT2D eigenvalue weighted by Crippen LogP contribution is 2.23. The molecule has 1 saturated carbocycles. The zero-order valence-corrected chi connectivity index (χ0v) is 13.4. The van der Waals surface area contributed by atoms with E-state index in [1.54, 1.807) is 7.11 Å². The summed E-state index contributed by atoms with van der Waals surface area (Å²) in [6.45, 7) is 5.42. The lowest BCUT2D eigenvalue weighted by Crippen LogP contribution is -2.17. The van der Waals surface area contributed by atoms with E-state index in [9.17, 15) is 0 Å². The van der Waals surface area contributed by atoms with E-state index in [1.165, 1.54) is 25.7 Å². The molecular formula is C16H27N3O2. The molecule has 1 aliphatic carbocycles. The fourth-order valence-electron chi connectivity index (χ4n) is 2.59. The molecule has 118 valence electrons. The third-order valence-corrected chi connectivity index (χ3v) is 3.58. The summed E-state index contributed by atoms with van der Waals surface area (Å²) >= 11 is 0. The van der Waals surface area contributed by atoms with E-state index in [1.807, 2.05) is 6.07 Å². The van der Waals surface area contributed by atoms with E-state index >= 15 is 0 Å². The lowest BCUT2D eigenvalue weighted by molar-refractivity contribution is 0.143. The van der Waals surface area contributed by atoms with Crippen molar-refractivity contribution in [3.05, 3.63) is 11.9 Å². The molecule has 0 aromatic carbocycles. The van der Waals surface area contributed by atoms with Crippen molar-refractivity contribution < 1.29 is 9.47 Å². The molecule has 5 nitrogen and oxygen atoms in total. The Bertz CT molecular complexity index is 432. The van der Waals surface area contributed by atoms with Gasteiger partial charge in [0.25, 0.3) is 0 Å². The summed E-state index contributed by atoms with van der Waals surface area (Å²) < 4.78 is 10.7. The van der Waals surface area contributed by atoms with Crippen molar-refractivity contribution in [3.63, 3.8) is 0 Å². The molecule has 0 bridgehead atoms. The first-order valence-electron chi connectivity index (χ1n) is 7.93. The number of nitrogens with zero attached hydrogens (tertiary/aromatic N) is 2. The molecule has 1 fully saturated rings. The molecule has 0 amide bonds. The monoisotopic (exact) mass is 293 g/mol. The molecule has 1 aliphatic rings. The second kappa shape index (κ2) is 8.17. The summed E-state index contributed by atoms with van der Waals surface area (Å²) in [5.41, 5.74) is 0. The molecule has 0 saturated heterocycles. The van der Waals surface area contributed by atoms with E-state index in [4.69, 9.17) is 9.47 Å². The van der Waals surface area contributed by atoms with Crippen LogP contribution >= 0.6 is 0 Å². The van der Waals surface area contributed by atoms with Crippen molar-refractivity contribution in [2.75, 3.05) is 25.6 Å². The van der Waals surface area contributed by atoms with Crippen LogP contribution in [0.2, 0.25) is 0 Å². The van der Waals surface area contributed by atoms with Gasteiger partial charge in [-0.2, -0.15) is 4.98 Å². The van der Waals surface area contributed by atoms with Gasteiger partial charge in [-0.3, -0.25) is 0 Å². The molecule has 1 N–H and O–H groups in total. The minimum Gasteiger partial charge on any atom is -0.475 e. The Balaban J connectivity index is 2.06. The van der Waals surface area contributed by atoms with Gasteiger partial charge in [0, 0.05) is 25.6 Å². The summed E-state index contributed by atoms with van der Waals surface area (Å²) in [6.07, 6.45) is 5.92. The number of methoxy groups -OCH3 is 1. The van der Waals surface area contributed by atoms with Crippen LogP contribution in [0.25, 0.3) is 0 Å². The largest absolute Gasteiger partial charge is 0.475 e. The predicted octanol–water partition coefficient (Wildman–Crippen LogP) is 3.05. The molecule has 0 unspecified atom stereocenters. The highest BCUT2D eigenvalue weighted by Gasteiger charge is 2.16. The average Bonchev–Trinajstić information content (AvgIpc) is 2.91. The smallest absolute Gasteiger partial charge is 0.218 e. The maximum atomic E-state index is 5.66. The Morgan fingerprint density at radius 2 is 2.00 bits per heavy atom. The average molecular weight is 293 g/mol. The molecule has 2 rings (SSSR count). The first-order chi connectivity index (χ1) is 10.2. The summed E-state index contributed by atoms with van der Waals surface area (Å²) in [5.74, 6) is 2.90. The fourth-order valence-corrected chi connectivity index (χ4v) is 2.59. The highest BCUT2D eigenvalue weighted by atomic mass is 16.5. The van der Waals surface area contributed by atoms with Crippen molar-refractivity contribution in [3.8, 4) is 5.88 Å². The van der Waals surface area contributed by atoms with Gasteiger partial charge in [-0.05, 0) is 18.8 Å². The number of hydrogen-bond acceptors (Lipinski definition) is 5. The van der Waals surface area contributed by atoms with E-state index in [-0.39, 0.29) is 0 Å². The second-order valence-corrected chi connectivity index (χ2v) is 6.07. The van der Waals surface area contributed by atoms with Gasteiger partial charge in [0.15, 0.2) is 0 Å². The van der Waals surface area contributed by atoms with Crippen LogP contribution in [-0.4, -0.2) is 36.3 Å². The van der Waals surface area contributed by atoms with Gasteiger partial charge in [0.05, 0.1) is 6.61 Å². The van der Waals surface area contributed by atoms with E-state index in [2.05, 4.69) is 29.1 Å². The van der Waals surface area contributed by atoms with E-state index in [0.717, 1.165) is 18.1 Å². The van der Waals surface area contributed by atoms with Gasteiger partial charge in [-0.25, -0.2) is 4.98 Å². The number of aromatic nitrogens is 2. The number of nitrogens with one attached hydrogen (secondary N) is 1. The predicted molar refractivity (Wildman–Crippen MR) is 83.8 cm³/mol. The van der Waals surface area contributed by atoms with Gasteiger partial charge >= 0.3 is 0 Å². The molecule has 0 spiro atoms. The van der Waals surface area contributed by atoms with Crippen LogP contribution in [0, 0.1) is 5.92 Å². The van der Waals surface area contributed by atoms with Crippen molar-refractivity contribution in [1.82, 2.24) is 9.97 Å². The molecule has 0 atom stereocenters. The quantitative estimate of drug-likeness (QED) is 0.747. The summed E-state index contributed by atoms with van der Waals surface area (Å²) in [4.78, 5) is 9.12. The lowest BCUT2D eigenvalue weighted by atomic mass is 10.1. The van der Waals surface area contributed by atoms with Crippen molar-refractivity contribution in [1.29, 1.82) is 0 Å². The van der Waals surface area contributed by atoms with Gasteiger partial charge in [-0.1, -0.05) is 26.7 Å². The summed E-state index contributed by atoms with van der Waals surface area (Å²) in [7, 11) is 1.67. The van der Waals surface area contributed by atoms with E-state index in [0.29, 0.717) is 31.1 Å². The number of hydrogen-bond donors (Lipinski definition) is 1. The second-order valence-electron chi connectivity index (χ2n) is 6.07. The first kappa shape index (κ1) is 16.0. The molecule has 1 aromatic heterocycles. The SMILES string of the molecule is COCCOc1cc(NC2CCCC2)nc(CC(C)C)n1. The Morgan fingerprint density at radius 3 is 2.67 bits per heavy atom.